The second-order valence-electron chi connectivity index (χ2n) is 4.16. The van der Waals surface area contributed by atoms with Crippen LogP contribution in [-0.4, -0.2) is 19.2 Å². The molecule has 4 nitrogen and oxygen atoms in total. The molecule has 0 N–H and O–H groups in total. The molecule has 1 aliphatic rings. The molecule has 1 aliphatic heterocycles. The molecule has 0 saturated heterocycles. The van der Waals surface area contributed by atoms with Crippen molar-refractivity contribution in [2.45, 2.75) is 25.5 Å². The summed E-state index contributed by atoms with van der Waals surface area (Å²) in [5.41, 5.74) is 1.54. The van der Waals surface area contributed by atoms with Crippen molar-refractivity contribution in [3.8, 4) is 17.9 Å². The number of hydrogen-bond acceptors (Lipinski definition) is 4. The van der Waals surface area contributed by atoms with Crippen molar-refractivity contribution in [3.05, 3.63) is 23.8 Å². The van der Waals surface area contributed by atoms with E-state index in [-0.39, 0.29) is 12.1 Å². The fourth-order valence-electron chi connectivity index (χ4n) is 2.00. The summed E-state index contributed by atoms with van der Waals surface area (Å²) in [5, 5.41) is 17.6. The zero-order valence-corrected chi connectivity index (χ0v) is 9.84. The van der Waals surface area contributed by atoms with E-state index in [1.165, 1.54) is 0 Å². The largest absolute Gasteiger partial charge is 0.485 e. The van der Waals surface area contributed by atoms with Gasteiger partial charge in [0.25, 0.3) is 0 Å². The van der Waals surface area contributed by atoms with Crippen molar-refractivity contribution in [3.63, 3.8) is 0 Å². The van der Waals surface area contributed by atoms with Gasteiger partial charge in [-0.25, -0.2) is 0 Å². The molecular formula is C13H13N3O. The van der Waals surface area contributed by atoms with Gasteiger partial charge in [-0.3, -0.25) is 0 Å². The van der Waals surface area contributed by atoms with Gasteiger partial charge in [0.15, 0.2) is 0 Å². The van der Waals surface area contributed by atoms with Crippen molar-refractivity contribution in [2.75, 3.05) is 11.9 Å². The Balaban J connectivity index is 2.40. The Hall–Kier alpha value is -2.20. The standard InChI is InChI=1S/C13H13N3O/c1-9-12(5-6-14)17-13-7-10(8-15)3-4-11(13)16(9)2/h3-4,7,9,12H,5H2,1-2H3. The summed E-state index contributed by atoms with van der Waals surface area (Å²) in [6.07, 6.45) is 0.202. The number of fused-ring (bicyclic) bond motifs is 1. The van der Waals surface area contributed by atoms with Crippen molar-refractivity contribution >= 4 is 5.69 Å². The van der Waals surface area contributed by atoms with E-state index >= 15 is 0 Å². The number of ether oxygens (including phenoxy) is 1. The van der Waals surface area contributed by atoms with Crippen LogP contribution in [0, 0.1) is 22.7 Å². The van der Waals surface area contributed by atoms with Gasteiger partial charge in [-0.1, -0.05) is 0 Å². The highest BCUT2D eigenvalue weighted by Crippen LogP contribution is 2.36. The highest BCUT2D eigenvalue weighted by molar-refractivity contribution is 5.63. The number of benzene rings is 1. The second kappa shape index (κ2) is 4.35. The summed E-state index contributed by atoms with van der Waals surface area (Å²) in [5.74, 6) is 0.685. The molecule has 0 fully saturated rings. The number of rotatable bonds is 1. The van der Waals surface area contributed by atoms with Gasteiger partial charge in [-0.15, -0.1) is 0 Å². The first kappa shape index (κ1) is 11.3. The highest BCUT2D eigenvalue weighted by atomic mass is 16.5. The molecule has 1 heterocycles. The Kier molecular flexibility index (Phi) is 2.89. The van der Waals surface area contributed by atoms with Crippen molar-refractivity contribution in [2.24, 2.45) is 0 Å². The average molecular weight is 227 g/mol. The van der Waals surface area contributed by atoms with Crippen LogP contribution in [0.5, 0.6) is 5.75 Å². The average Bonchev–Trinajstić information content (AvgIpc) is 2.35. The molecule has 0 radical (unpaired) electrons. The minimum atomic E-state index is -0.147. The molecule has 2 rings (SSSR count). The van der Waals surface area contributed by atoms with Gasteiger partial charge in [-0.05, 0) is 19.1 Å². The van der Waals surface area contributed by atoms with Crippen LogP contribution in [0.1, 0.15) is 18.9 Å². The van der Waals surface area contributed by atoms with Gasteiger partial charge >= 0.3 is 0 Å². The minimum Gasteiger partial charge on any atom is -0.485 e. The maximum atomic E-state index is 8.85. The Morgan fingerprint density at radius 2 is 2.18 bits per heavy atom. The molecule has 2 atom stereocenters. The maximum Gasteiger partial charge on any atom is 0.144 e. The lowest BCUT2D eigenvalue weighted by Gasteiger charge is -2.39. The number of anilines is 1. The van der Waals surface area contributed by atoms with Gasteiger partial charge in [0, 0.05) is 13.1 Å². The van der Waals surface area contributed by atoms with Gasteiger partial charge in [0.1, 0.15) is 11.9 Å². The van der Waals surface area contributed by atoms with E-state index in [2.05, 4.69) is 17.0 Å². The molecule has 0 bridgehead atoms. The van der Waals surface area contributed by atoms with Crippen LogP contribution in [0.2, 0.25) is 0 Å². The van der Waals surface area contributed by atoms with Gasteiger partial charge in [0.05, 0.1) is 35.9 Å². The Morgan fingerprint density at radius 1 is 1.41 bits per heavy atom. The summed E-state index contributed by atoms with van der Waals surface area (Å²) >= 11 is 0. The lowest BCUT2D eigenvalue weighted by Crippen LogP contribution is -2.45. The van der Waals surface area contributed by atoms with E-state index in [1.54, 1.807) is 12.1 Å². The molecule has 0 saturated carbocycles. The third-order valence-corrected chi connectivity index (χ3v) is 3.19. The molecule has 0 spiro atoms. The molecule has 17 heavy (non-hydrogen) atoms. The Bertz CT molecular complexity index is 512. The molecule has 86 valence electrons. The van der Waals surface area contributed by atoms with E-state index in [0.717, 1.165) is 5.69 Å². The second-order valence-corrected chi connectivity index (χ2v) is 4.16. The normalized spacial score (nSPS) is 22.0. The molecule has 4 heteroatoms. The van der Waals surface area contributed by atoms with E-state index < -0.39 is 0 Å². The quantitative estimate of drug-likeness (QED) is 0.736. The van der Waals surface area contributed by atoms with E-state index in [9.17, 15) is 0 Å². The predicted molar refractivity (Wildman–Crippen MR) is 63.7 cm³/mol. The first-order valence-corrected chi connectivity index (χ1v) is 5.48. The van der Waals surface area contributed by atoms with Crippen LogP contribution in [0.3, 0.4) is 0 Å². The summed E-state index contributed by atoms with van der Waals surface area (Å²) < 4.78 is 5.78. The molecule has 1 aromatic rings. The van der Waals surface area contributed by atoms with Crippen molar-refractivity contribution in [1.29, 1.82) is 10.5 Å². The van der Waals surface area contributed by atoms with Crippen LogP contribution in [-0.2, 0) is 0 Å². The molecule has 0 aliphatic carbocycles. The summed E-state index contributed by atoms with van der Waals surface area (Å²) in [6.45, 7) is 2.03. The maximum absolute atomic E-state index is 8.85. The van der Waals surface area contributed by atoms with Gasteiger partial charge in [-0.2, -0.15) is 10.5 Å². The zero-order valence-electron chi connectivity index (χ0n) is 9.84. The number of nitrogens with zero attached hydrogens (tertiary/aromatic N) is 3. The number of likely N-dealkylation sites (N-methyl/N-ethyl adjacent to an activating group) is 1. The fourth-order valence-corrected chi connectivity index (χ4v) is 2.00. The van der Waals surface area contributed by atoms with Gasteiger partial charge < -0.3 is 9.64 Å². The lowest BCUT2D eigenvalue weighted by atomic mass is 10.0. The van der Waals surface area contributed by atoms with Crippen LogP contribution < -0.4 is 9.64 Å². The van der Waals surface area contributed by atoms with Crippen molar-refractivity contribution in [1.82, 2.24) is 0 Å². The summed E-state index contributed by atoms with van der Waals surface area (Å²) in [6, 6.07) is 9.75. The Labute approximate surface area is 101 Å². The minimum absolute atomic E-state index is 0.147. The molecule has 1 aromatic carbocycles. The third kappa shape index (κ3) is 1.90. The van der Waals surface area contributed by atoms with E-state index in [0.29, 0.717) is 17.7 Å². The van der Waals surface area contributed by atoms with Gasteiger partial charge in [0.2, 0.25) is 0 Å². The molecule has 0 amide bonds. The van der Waals surface area contributed by atoms with E-state index in [4.69, 9.17) is 15.3 Å². The van der Waals surface area contributed by atoms with Crippen LogP contribution in [0.15, 0.2) is 18.2 Å². The van der Waals surface area contributed by atoms with Crippen LogP contribution in [0.4, 0.5) is 5.69 Å². The third-order valence-electron chi connectivity index (χ3n) is 3.19. The first-order chi connectivity index (χ1) is 8.17. The first-order valence-electron chi connectivity index (χ1n) is 5.48. The molecular weight excluding hydrogens is 214 g/mol. The van der Waals surface area contributed by atoms with Crippen LogP contribution >= 0.6 is 0 Å². The smallest absolute Gasteiger partial charge is 0.144 e. The summed E-state index contributed by atoms with van der Waals surface area (Å²) in [7, 11) is 1.97. The predicted octanol–water partition coefficient (Wildman–Crippen LogP) is 2.06. The zero-order chi connectivity index (χ0) is 12.4. The van der Waals surface area contributed by atoms with Crippen molar-refractivity contribution < 1.29 is 4.74 Å². The molecule has 0 aromatic heterocycles. The molecule has 2 unspecified atom stereocenters. The number of nitriles is 2. The Morgan fingerprint density at radius 3 is 2.82 bits per heavy atom. The van der Waals surface area contributed by atoms with Crippen LogP contribution in [0.25, 0.3) is 0 Å². The summed E-state index contributed by atoms with van der Waals surface area (Å²) in [4.78, 5) is 2.09. The highest BCUT2D eigenvalue weighted by Gasteiger charge is 2.30. The monoisotopic (exact) mass is 227 g/mol. The SMILES string of the molecule is CC1C(CC#N)Oc2cc(C#N)ccc2N1C. The topological polar surface area (TPSA) is 60.0 Å². The number of hydrogen-bond donors (Lipinski definition) is 0. The lowest BCUT2D eigenvalue weighted by molar-refractivity contribution is 0.165. The van der Waals surface area contributed by atoms with E-state index in [1.807, 2.05) is 20.0 Å². The fraction of sp³-hybridized carbons (Fsp3) is 0.385.